The van der Waals surface area contributed by atoms with Gasteiger partial charge in [-0.25, -0.2) is 4.68 Å². The minimum absolute atomic E-state index is 0.173. The van der Waals surface area contributed by atoms with Crippen molar-refractivity contribution in [3.8, 4) is 0 Å². The van der Waals surface area contributed by atoms with Crippen molar-refractivity contribution >= 4 is 28.5 Å². The molecule has 1 aliphatic rings. The Labute approximate surface area is 173 Å². The van der Waals surface area contributed by atoms with Gasteiger partial charge in [0.25, 0.3) is 5.56 Å². The average Bonchev–Trinajstić information content (AvgIpc) is 3.35. The van der Waals surface area contributed by atoms with Crippen molar-refractivity contribution in [3.63, 3.8) is 0 Å². The van der Waals surface area contributed by atoms with Crippen molar-refractivity contribution in [1.82, 2.24) is 19.1 Å². The molecular weight excluding hydrogens is 388 g/mol. The largest absolute Gasteiger partial charge is 0.466 e. The van der Waals surface area contributed by atoms with E-state index in [4.69, 9.17) is 9.15 Å². The number of piperidine rings is 1. The third-order valence-electron chi connectivity index (χ3n) is 5.80. The van der Waals surface area contributed by atoms with Crippen LogP contribution in [0, 0.1) is 5.92 Å². The molecule has 1 amide bonds. The highest BCUT2D eigenvalue weighted by Gasteiger charge is 2.31. The Kier molecular flexibility index (Phi) is 5.36. The Morgan fingerprint density at radius 1 is 1.27 bits per heavy atom. The Balaban J connectivity index is 1.59. The van der Waals surface area contributed by atoms with Gasteiger partial charge in [-0.3, -0.25) is 18.8 Å². The van der Waals surface area contributed by atoms with Gasteiger partial charge < -0.3 is 14.1 Å². The second kappa shape index (κ2) is 7.97. The number of likely N-dealkylation sites (tertiary alicyclic amines) is 1. The fourth-order valence-corrected chi connectivity index (χ4v) is 4.15. The summed E-state index contributed by atoms with van der Waals surface area (Å²) < 4.78 is 13.6. The van der Waals surface area contributed by atoms with Gasteiger partial charge in [-0.15, -0.1) is 0 Å². The normalized spacial score (nSPS) is 16.3. The van der Waals surface area contributed by atoms with Gasteiger partial charge >= 0.3 is 5.97 Å². The van der Waals surface area contributed by atoms with Crippen LogP contribution in [0.25, 0.3) is 16.6 Å². The van der Waals surface area contributed by atoms with Crippen LogP contribution in [0.1, 0.15) is 45.5 Å². The minimum atomic E-state index is -0.742. The number of amides is 1. The van der Waals surface area contributed by atoms with E-state index in [1.165, 1.54) is 4.68 Å². The molecule has 3 aromatic rings. The molecule has 0 unspecified atom stereocenters. The maximum absolute atomic E-state index is 13.1. The summed E-state index contributed by atoms with van der Waals surface area (Å²) in [4.78, 5) is 39.8. The lowest BCUT2D eigenvalue weighted by atomic mass is 9.96. The Morgan fingerprint density at radius 3 is 2.67 bits per heavy atom. The SMILES string of the molecule is CCOC(=O)C1CCN(C(=O)[C@@H](C)n2nc(CC)n3c(cc4occc43)c2=O)CC1. The number of esters is 1. The van der Waals surface area contributed by atoms with E-state index in [1.807, 2.05) is 6.92 Å². The zero-order chi connectivity index (χ0) is 21.4. The molecule has 0 spiro atoms. The van der Waals surface area contributed by atoms with Crippen molar-refractivity contribution in [3.05, 3.63) is 34.6 Å². The Bertz CT molecular complexity index is 1150. The number of hydrogen-bond acceptors (Lipinski definition) is 6. The lowest BCUT2D eigenvalue weighted by Gasteiger charge is -2.32. The van der Waals surface area contributed by atoms with Crippen LogP contribution < -0.4 is 5.56 Å². The third-order valence-corrected chi connectivity index (χ3v) is 5.80. The number of aryl methyl sites for hydroxylation is 1. The highest BCUT2D eigenvalue weighted by molar-refractivity contribution is 5.83. The van der Waals surface area contributed by atoms with Crippen LogP contribution in [-0.4, -0.2) is 50.7 Å². The highest BCUT2D eigenvalue weighted by Crippen LogP contribution is 2.23. The number of carbonyl (C=O) groups is 2. The van der Waals surface area contributed by atoms with E-state index >= 15 is 0 Å². The van der Waals surface area contributed by atoms with Gasteiger partial charge in [0.2, 0.25) is 5.91 Å². The molecule has 0 radical (unpaired) electrons. The second-order valence-corrected chi connectivity index (χ2v) is 7.58. The smallest absolute Gasteiger partial charge is 0.309 e. The third kappa shape index (κ3) is 3.28. The monoisotopic (exact) mass is 414 g/mol. The van der Waals surface area contributed by atoms with Gasteiger partial charge in [-0.1, -0.05) is 6.92 Å². The number of nitrogens with zero attached hydrogens (tertiary/aromatic N) is 4. The molecule has 0 bridgehead atoms. The molecular formula is C21H26N4O5. The predicted octanol–water partition coefficient (Wildman–Crippen LogP) is 2.17. The van der Waals surface area contributed by atoms with Crippen molar-refractivity contribution in [2.75, 3.05) is 19.7 Å². The van der Waals surface area contributed by atoms with Crippen LogP contribution in [0.2, 0.25) is 0 Å². The van der Waals surface area contributed by atoms with E-state index in [0.29, 0.717) is 55.9 Å². The first-order valence-electron chi connectivity index (χ1n) is 10.4. The number of aromatic nitrogens is 3. The summed E-state index contributed by atoms with van der Waals surface area (Å²) in [6.45, 7) is 6.71. The number of rotatable bonds is 5. The van der Waals surface area contributed by atoms with Crippen LogP contribution in [0.4, 0.5) is 0 Å². The zero-order valence-corrected chi connectivity index (χ0v) is 17.5. The van der Waals surface area contributed by atoms with Crippen LogP contribution in [-0.2, 0) is 20.7 Å². The standard InChI is InChI=1S/C21H26N4O5/c1-4-18-22-25(20(27)16-12-17-15(24(16)18)8-11-30-17)13(3)19(26)23-9-6-14(7-10-23)21(28)29-5-2/h8,11-14H,4-7,9-10H2,1-3H3/t13-/m1/s1. The fraction of sp³-hybridized carbons (Fsp3) is 0.524. The van der Waals surface area contributed by atoms with Gasteiger partial charge in [0.05, 0.1) is 24.3 Å². The molecule has 1 saturated heterocycles. The molecule has 9 nitrogen and oxygen atoms in total. The molecule has 1 aliphatic heterocycles. The van der Waals surface area contributed by atoms with Crippen molar-refractivity contribution in [2.24, 2.45) is 5.92 Å². The molecule has 1 fully saturated rings. The van der Waals surface area contributed by atoms with Crippen LogP contribution >= 0.6 is 0 Å². The summed E-state index contributed by atoms with van der Waals surface area (Å²) in [5.74, 6) is 0.130. The lowest BCUT2D eigenvalue weighted by Crippen LogP contribution is -2.45. The molecule has 0 N–H and O–H groups in total. The summed E-state index contributed by atoms with van der Waals surface area (Å²) in [5, 5.41) is 4.51. The van der Waals surface area contributed by atoms with E-state index in [0.717, 1.165) is 5.52 Å². The van der Waals surface area contributed by atoms with Crippen LogP contribution in [0.15, 0.2) is 27.6 Å². The van der Waals surface area contributed by atoms with E-state index in [9.17, 15) is 14.4 Å². The molecule has 3 aromatic heterocycles. The summed E-state index contributed by atoms with van der Waals surface area (Å²) in [7, 11) is 0. The minimum Gasteiger partial charge on any atom is -0.466 e. The fourth-order valence-electron chi connectivity index (χ4n) is 4.15. The molecule has 4 rings (SSSR count). The Morgan fingerprint density at radius 2 is 2.00 bits per heavy atom. The molecule has 160 valence electrons. The van der Waals surface area contributed by atoms with Gasteiger partial charge in [-0.05, 0) is 26.7 Å². The number of ether oxygens (including phenoxy) is 1. The average molecular weight is 414 g/mol. The van der Waals surface area contributed by atoms with Gasteiger partial charge in [-0.2, -0.15) is 5.10 Å². The van der Waals surface area contributed by atoms with Crippen molar-refractivity contribution < 1.29 is 18.7 Å². The number of hydrogen-bond donors (Lipinski definition) is 0. The molecule has 0 saturated carbocycles. The maximum atomic E-state index is 13.1. The van der Waals surface area contributed by atoms with E-state index in [-0.39, 0.29) is 23.4 Å². The number of furan rings is 1. The van der Waals surface area contributed by atoms with Crippen molar-refractivity contribution in [1.29, 1.82) is 0 Å². The summed E-state index contributed by atoms with van der Waals surface area (Å²) in [6.07, 6.45) is 3.30. The molecule has 0 aliphatic carbocycles. The predicted molar refractivity (Wildman–Crippen MR) is 109 cm³/mol. The first kappa shape index (κ1) is 20.2. The topological polar surface area (TPSA) is 99.1 Å². The maximum Gasteiger partial charge on any atom is 0.309 e. The molecule has 0 aromatic carbocycles. The summed E-state index contributed by atoms with van der Waals surface area (Å²) in [5.41, 5.74) is 1.51. The molecule has 4 heterocycles. The Hall–Kier alpha value is -3.10. The second-order valence-electron chi connectivity index (χ2n) is 7.58. The number of fused-ring (bicyclic) bond motifs is 3. The number of carbonyl (C=O) groups excluding carboxylic acids is 2. The first-order valence-corrected chi connectivity index (χ1v) is 10.4. The van der Waals surface area contributed by atoms with E-state index in [1.54, 1.807) is 41.5 Å². The lowest BCUT2D eigenvalue weighted by molar-refractivity contribution is -0.151. The van der Waals surface area contributed by atoms with Crippen molar-refractivity contribution in [2.45, 2.75) is 46.1 Å². The summed E-state index contributed by atoms with van der Waals surface area (Å²) >= 11 is 0. The highest BCUT2D eigenvalue weighted by atomic mass is 16.5. The molecule has 1 atom stereocenters. The van der Waals surface area contributed by atoms with Gasteiger partial charge in [0, 0.05) is 31.6 Å². The van der Waals surface area contributed by atoms with Crippen LogP contribution in [0.5, 0.6) is 0 Å². The van der Waals surface area contributed by atoms with Crippen LogP contribution in [0.3, 0.4) is 0 Å². The molecule has 30 heavy (non-hydrogen) atoms. The quantitative estimate of drug-likeness (QED) is 0.594. The first-order chi connectivity index (χ1) is 14.5. The zero-order valence-electron chi connectivity index (χ0n) is 17.5. The molecule has 9 heteroatoms. The van der Waals surface area contributed by atoms with E-state index in [2.05, 4.69) is 5.10 Å². The van der Waals surface area contributed by atoms with Gasteiger partial charge in [0.15, 0.2) is 5.58 Å². The van der Waals surface area contributed by atoms with E-state index < -0.39 is 6.04 Å². The summed E-state index contributed by atoms with van der Waals surface area (Å²) in [6, 6.07) is 2.75. The van der Waals surface area contributed by atoms with Gasteiger partial charge in [0.1, 0.15) is 17.4 Å².